The van der Waals surface area contributed by atoms with E-state index in [1.54, 1.807) is 17.9 Å². The first kappa shape index (κ1) is 16.8. The molecular formula is C17H22N6O3. The molecule has 138 valence electrons. The zero-order valence-electron chi connectivity index (χ0n) is 14.6. The second-order valence-electron chi connectivity index (χ2n) is 6.81. The van der Waals surface area contributed by atoms with Crippen LogP contribution in [-0.2, 0) is 17.7 Å². The van der Waals surface area contributed by atoms with Crippen molar-refractivity contribution >= 4 is 11.8 Å². The van der Waals surface area contributed by atoms with E-state index in [4.69, 9.17) is 4.74 Å². The molecule has 0 aromatic carbocycles. The molecule has 0 saturated heterocycles. The van der Waals surface area contributed by atoms with Crippen molar-refractivity contribution in [2.24, 2.45) is 0 Å². The van der Waals surface area contributed by atoms with E-state index in [9.17, 15) is 9.59 Å². The number of carbonyl (C=O) groups excluding carboxylic acids is 2. The van der Waals surface area contributed by atoms with Gasteiger partial charge in [0.05, 0.1) is 19.2 Å². The first-order valence-corrected chi connectivity index (χ1v) is 8.84. The number of fused-ring (bicyclic) bond motifs is 1. The highest BCUT2D eigenvalue weighted by Gasteiger charge is 2.29. The lowest BCUT2D eigenvalue weighted by molar-refractivity contribution is 0.0919. The molecule has 1 saturated carbocycles. The molecule has 26 heavy (non-hydrogen) atoms. The summed E-state index contributed by atoms with van der Waals surface area (Å²) in [4.78, 5) is 24.4. The number of amides is 2. The Bertz CT molecular complexity index is 799. The fraction of sp³-hybridized carbons (Fsp3) is 0.529. The van der Waals surface area contributed by atoms with E-state index in [0.717, 1.165) is 24.2 Å². The van der Waals surface area contributed by atoms with E-state index in [1.165, 1.54) is 0 Å². The Labute approximate surface area is 150 Å². The van der Waals surface area contributed by atoms with Crippen LogP contribution in [0.1, 0.15) is 51.1 Å². The number of nitrogens with zero attached hydrogens (tertiary/aromatic N) is 3. The standard InChI is InChI=1S/C17H22N6O3/c1-26-5-4-18-16(24)15-7-12-6-11(9-23(12)22-15)19-17(25)14-8-13(20-21-14)10-2-3-10/h7-8,10-11H,2-6,9H2,1H3,(H,18,24)(H,19,25)(H,20,21)/t11-/m0/s1. The Kier molecular flexibility index (Phi) is 4.46. The van der Waals surface area contributed by atoms with Crippen LogP contribution < -0.4 is 10.6 Å². The van der Waals surface area contributed by atoms with Crippen molar-refractivity contribution in [1.29, 1.82) is 0 Å². The molecule has 3 N–H and O–H groups in total. The number of aromatic amines is 1. The highest BCUT2D eigenvalue weighted by Crippen LogP contribution is 2.38. The minimum Gasteiger partial charge on any atom is -0.383 e. The lowest BCUT2D eigenvalue weighted by Crippen LogP contribution is -2.36. The van der Waals surface area contributed by atoms with E-state index >= 15 is 0 Å². The molecular weight excluding hydrogens is 336 g/mol. The van der Waals surface area contributed by atoms with Crippen molar-refractivity contribution in [3.05, 3.63) is 34.9 Å². The maximum atomic E-state index is 12.4. The van der Waals surface area contributed by atoms with Gasteiger partial charge in [0.15, 0.2) is 0 Å². The van der Waals surface area contributed by atoms with Crippen molar-refractivity contribution in [1.82, 2.24) is 30.6 Å². The predicted molar refractivity (Wildman–Crippen MR) is 92.0 cm³/mol. The molecule has 2 aromatic rings. The molecule has 2 aromatic heterocycles. The van der Waals surface area contributed by atoms with Gasteiger partial charge in [-0.05, 0) is 25.0 Å². The van der Waals surface area contributed by atoms with E-state index < -0.39 is 0 Å². The summed E-state index contributed by atoms with van der Waals surface area (Å²) in [6, 6.07) is 3.56. The van der Waals surface area contributed by atoms with Gasteiger partial charge in [-0.15, -0.1) is 0 Å². The third-order valence-electron chi connectivity index (χ3n) is 4.72. The SMILES string of the molecule is COCCNC(=O)c1cc2n(n1)C[C@@H](NC(=O)c1cc(C3CC3)[nH]n1)C2. The molecule has 0 spiro atoms. The number of methoxy groups -OCH3 is 1. The molecule has 1 atom stereocenters. The Hall–Kier alpha value is -2.68. The minimum atomic E-state index is -0.214. The molecule has 1 aliphatic heterocycles. The summed E-state index contributed by atoms with van der Waals surface area (Å²) in [7, 11) is 1.58. The zero-order valence-corrected chi connectivity index (χ0v) is 14.6. The Morgan fingerprint density at radius 3 is 2.88 bits per heavy atom. The largest absolute Gasteiger partial charge is 0.383 e. The van der Waals surface area contributed by atoms with Gasteiger partial charge in [-0.25, -0.2) is 0 Å². The van der Waals surface area contributed by atoms with Crippen LogP contribution >= 0.6 is 0 Å². The van der Waals surface area contributed by atoms with Gasteiger partial charge in [-0.1, -0.05) is 0 Å². The van der Waals surface area contributed by atoms with Gasteiger partial charge in [0, 0.05) is 37.4 Å². The highest BCUT2D eigenvalue weighted by molar-refractivity contribution is 5.93. The number of rotatable bonds is 7. The second-order valence-corrected chi connectivity index (χ2v) is 6.81. The summed E-state index contributed by atoms with van der Waals surface area (Å²) in [5.74, 6) is 0.143. The third kappa shape index (κ3) is 3.48. The number of H-pyrrole nitrogens is 1. The first-order chi connectivity index (χ1) is 12.6. The monoisotopic (exact) mass is 358 g/mol. The van der Waals surface area contributed by atoms with Crippen LogP contribution in [0, 0.1) is 0 Å². The van der Waals surface area contributed by atoms with Crippen LogP contribution in [0.5, 0.6) is 0 Å². The molecule has 1 aliphatic carbocycles. The molecule has 0 unspecified atom stereocenters. The predicted octanol–water partition coefficient (Wildman–Crippen LogP) is 0.214. The van der Waals surface area contributed by atoms with Crippen molar-refractivity contribution in [2.75, 3.05) is 20.3 Å². The summed E-state index contributed by atoms with van der Waals surface area (Å²) in [6.07, 6.45) is 2.97. The molecule has 0 bridgehead atoms. The quantitative estimate of drug-likeness (QED) is 0.613. The van der Waals surface area contributed by atoms with Crippen molar-refractivity contribution in [2.45, 2.75) is 37.8 Å². The van der Waals surface area contributed by atoms with Gasteiger partial charge in [0.25, 0.3) is 11.8 Å². The number of aromatic nitrogens is 4. The Morgan fingerprint density at radius 1 is 1.31 bits per heavy atom. The van der Waals surface area contributed by atoms with Gasteiger partial charge in [-0.3, -0.25) is 19.4 Å². The number of ether oxygens (including phenoxy) is 1. The minimum absolute atomic E-state index is 0.0447. The van der Waals surface area contributed by atoms with Crippen LogP contribution in [0.25, 0.3) is 0 Å². The van der Waals surface area contributed by atoms with Crippen molar-refractivity contribution in [3.63, 3.8) is 0 Å². The maximum Gasteiger partial charge on any atom is 0.272 e. The summed E-state index contributed by atoms with van der Waals surface area (Å²) < 4.78 is 6.68. The topological polar surface area (TPSA) is 114 Å². The number of hydrogen-bond donors (Lipinski definition) is 3. The highest BCUT2D eigenvalue weighted by atomic mass is 16.5. The van der Waals surface area contributed by atoms with Gasteiger partial charge in [-0.2, -0.15) is 10.2 Å². The fourth-order valence-corrected chi connectivity index (χ4v) is 3.18. The first-order valence-electron chi connectivity index (χ1n) is 8.84. The van der Waals surface area contributed by atoms with Crippen LogP contribution in [-0.4, -0.2) is 58.1 Å². The maximum absolute atomic E-state index is 12.4. The van der Waals surface area contributed by atoms with Crippen LogP contribution in [0.2, 0.25) is 0 Å². The van der Waals surface area contributed by atoms with Crippen molar-refractivity contribution in [3.8, 4) is 0 Å². The Morgan fingerprint density at radius 2 is 2.15 bits per heavy atom. The second kappa shape index (κ2) is 6.91. The van der Waals surface area contributed by atoms with E-state index in [-0.39, 0.29) is 17.9 Å². The van der Waals surface area contributed by atoms with E-state index in [0.29, 0.717) is 43.4 Å². The van der Waals surface area contributed by atoms with Gasteiger partial charge >= 0.3 is 0 Å². The zero-order chi connectivity index (χ0) is 18.1. The number of hydrogen-bond acceptors (Lipinski definition) is 5. The summed E-state index contributed by atoms with van der Waals surface area (Å²) in [5.41, 5.74) is 2.79. The van der Waals surface area contributed by atoms with Crippen molar-refractivity contribution < 1.29 is 14.3 Å². The van der Waals surface area contributed by atoms with Gasteiger partial charge in [0.2, 0.25) is 0 Å². The molecule has 4 rings (SSSR count). The normalized spacial score (nSPS) is 18.6. The van der Waals surface area contributed by atoms with Crippen LogP contribution in [0.4, 0.5) is 0 Å². The molecule has 3 heterocycles. The molecule has 2 amide bonds. The average Bonchev–Trinajstić information content (AvgIpc) is 3.04. The third-order valence-corrected chi connectivity index (χ3v) is 4.72. The van der Waals surface area contributed by atoms with E-state index in [2.05, 4.69) is 25.9 Å². The number of carbonyl (C=O) groups is 2. The lowest BCUT2D eigenvalue weighted by Gasteiger charge is -2.10. The summed E-state index contributed by atoms with van der Waals surface area (Å²) in [6.45, 7) is 1.46. The van der Waals surface area contributed by atoms with Gasteiger partial charge < -0.3 is 15.4 Å². The molecule has 2 aliphatic rings. The smallest absolute Gasteiger partial charge is 0.272 e. The molecule has 9 nitrogen and oxygen atoms in total. The fourth-order valence-electron chi connectivity index (χ4n) is 3.18. The average molecular weight is 358 g/mol. The van der Waals surface area contributed by atoms with Crippen LogP contribution in [0.15, 0.2) is 12.1 Å². The molecule has 1 fully saturated rings. The van der Waals surface area contributed by atoms with Gasteiger partial charge in [0.1, 0.15) is 11.4 Å². The molecule has 9 heteroatoms. The lowest BCUT2D eigenvalue weighted by atomic mass is 10.2. The number of nitrogens with one attached hydrogen (secondary N) is 3. The van der Waals surface area contributed by atoms with Crippen LogP contribution in [0.3, 0.4) is 0 Å². The van der Waals surface area contributed by atoms with E-state index in [1.807, 2.05) is 6.07 Å². The summed E-state index contributed by atoms with van der Waals surface area (Å²) >= 11 is 0. The Balaban J connectivity index is 1.31. The summed E-state index contributed by atoms with van der Waals surface area (Å²) in [5, 5.41) is 17.1. The molecule has 0 radical (unpaired) electrons.